The van der Waals surface area contributed by atoms with E-state index in [4.69, 9.17) is 4.74 Å². The van der Waals surface area contributed by atoms with Crippen LogP contribution in [0.1, 0.15) is 11.1 Å². The Kier molecular flexibility index (Phi) is 3.79. The van der Waals surface area contributed by atoms with E-state index in [0.29, 0.717) is 16.8 Å². The quantitative estimate of drug-likeness (QED) is 0.811. The molecule has 0 spiro atoms. The summed E-state index contributed by atoms with van der Waals surface area (Å²) in [5, 5.41) is 0. The number of ether oxygens (including phenoxy) is 1. The maximum Gasteiger partial charge on any atom is 0.141 e. The first-order valence-electron chi connectivity index (χ1n) is 5.28. The van der Waals surface area contributed by atoms with Crippen molar-refractivity contribution in [2.45, 2.75) is 13.5 Å². The molecule has 0 radical (unpaired) electrons. The standard InChI is InChI=1S/C14H12BrFO/c1-10-2-4-11(5-3-10)9-17-12-6-7-13(15)14(16)8-12/h2-8H,9H2,1H3. The van der Waals surface area contributed by atoms with E-state index in [9.17, 15) is 4.39 Å². The highest BCUT2D eigenvalue weighted by atomic mass is 79.9. The molecule has 0 amide bonds. The Morgan fingerprint density at radius 3 is 2.47 bits per heavy atom. The Morgan fingerprint density at radius 1 is 1.12 bits per heavy atom. The Morgan fingerprint density at radius 2 is 1.82 bits per heavy atom. The average Bonchev–Trinajstić information content (AvgIpc) is 2.33. The highest BCUT2D eigenvalue weighted by Crippen LogP contribution is 2.21. The highest BCUT2D eigenvalue weighted by molar-refractivity contribution is 9.10. The SMILES string of the molecule is Cc1ccc(COc2ccc(Br)c(F)c2)cc1. The second-order valence-corrected chi connectivity index (χ2v) is 4.70. The molecule has 2 rings (SSSR count). The van der Waals surface area contributed by atoms with Crippen LogP contribution >= 0.6 is 15.9 Å². The van der Waals surface area contributed by atoms with E-state index >= 15 is 0 Å². The molecule has 3 heteroatoms. The molecule has 17 heavy (non-hydrogen) atoms. The number of rotatable bonds is 3. The third-order valence-corrected chi connectivity index (χ3v) is 3.06. The Bertz CT molecular complexity index is 508. The average molecular weight is 295 g/mol. The summed E-state index contributed by atoms with van der Waals surface area (Å²) in [5.74, 6) is 0.220. The maximum atomic E-state index is 13.2. The van der Waals surface area contributed by atoms with Crippen LogP contribution in [-0.4, -0.2) is 0 Å². The molecular formula is C14H12BrFO. The molecule has 0 aliphatic carbocycles. The van der Waals surface area contributed by atoms with Crippen molar-refractivity contribution in [1.29, 1.82) is 0 Å². The van der Waals surface area contributed by atoms with Gasteiger partial charge in [-0.2, -0.15) is 0 Å². The van der Waals surface area contributed by atoms with Gasteiger partial charge in [0.15, 0.2) is 0 Å². The smallest absolute Gasteiger partial charge is 0.141 e. The summed E-state index contributed by atoms with van der Waals surface area (Å²) in [4.78, 5) is 0. The van der Waals surface area contributed by atoms with Gasteiger partial charge in [-0.25, -0.2) is 4.39 Å². The maximum absolute atomic E-state index is 13.2. The Balaban J connectivity index is 2.02. The predicted octanol–water partition coefficient (Wildman–Crippen LogP) is 4.48. The third kappa shape index (κ3) is 3.30. The summed E-state index contributed by atoms with van der Waals surface area (Å²) in [6.45, 7) is 2.48. The number of hydrogen-bond acceptors (Lipinski definition) is 1. The summed E-state index contributed by atoms with van der Waals surface area (Å²) in [5.41, 5.74) is 2.28. The summed E-state index contributed by atoms with van der Waals surface area (Å²) < 4.78 is 19.2. The fraction of sp³-hybridized carbons (Fsp3) is 0.143. The van der Waals surface area contributed by atoms with Gasteiger partial charge < -0.3 is 4.74 Å². The van der Waals surface area contributed by atoms with E-state index in [0.717, 1.165) is 5.56 Å². The molecule has 0 N–H and O–H groups in total. The second kappa shape index (κ2) is 5.32. The molecule has 0 saturated heterocycles. The van der Waals surface area contributed by atoms with Gasteiger partial charge in [0.1, 0.15) is 18.2 Å². The van der Waals surface area contributed by atoms with Crippen molar-refractivity contribution in [1.82, 2.24) is 0 Å². The Hall–Kier alpha value is -1.35. The molecule has 0 heterocycles. The van der Waals surface area contributed by atoms with Gasteiger partial charge in [0.05, 0.1) is 4.47 Å². The van der Waals surface area contributed by atoms with Crippen molar-refractivity contribution in [3.05, 3.63) is 63.9 Å². The van der Waals surface area contributed by atoms with Crippen molar-refractivity contribution in [3.63, 3.8) is 0 Å². The fourth-order valence-electron chi connectivity index (χ4n) is 1.42. The molecule has 0 saturated carbocycles. The lowest BCUT2D eigenvalue weighted by molar-refractivity contribution is 0.304. The van der Waals surface area contributed by atoms with E-state index in [-0.39, 0.29) is 5.82 Å². The molecular weight excluding hydrogens is 283 g/mol. The van der Waals surface area contributed by atoms with Gasteiger partial charge in [-0.3, -0.25) is 0 Å². The van der Waals surface area contributed by atoms with Crippen LogP contribution in [0.15, 0.2) is 46.9 Å². The van der Waals surface area contributed by atoms with Crippen LogP contribution in [0.4, 0.5) is 4.39 Å². The lowest BCUT2D eigenvalue weighted by atomic mass is 10.2. The molecule has 88 valence electrons. The van der Waals surface area contributed by atoms with Crippen LogP contribution < -0.4 is 4.74 Å². The summed E-state index contributed by atoms with van der Waals surface area (Å²) in [6.07, 6.45) is 0. The minimum Gasteiger partial charge on any atom is -0.489 e. The zero-order chi connectivity index (χ0) is 12.3. The van der Waals surface area contributed by atoms with Gasteiger partial charge in [-0.15, -0.1) is 0 Å². The minimum atomic E-state index is -0.314. The lowest BCUT2D eigenvalue weighted by Gasteiger charge is -2.07. The normalized spacial score (nSPS) is 10.3. The topological polar surface area (TPSA) is 9.23 Å². The molecule has 1 nitrogen and oxygen atoms in total. The van der Waals surface area contributed by atoms with Crippen LogP contribution in [-0.2, 0) is 6.61 Å². The molecule has 0 aromatic heterocycles. The van der Waals surface area contributed by atoms with E-state index < -0.39 is 0 Å². The van der Waals surface area contributed by atoms with Crippen molar-refractivity contribution in [3.8, 4) is 5.75 Å². The number of aryl methyl sites for hydroxylation is 1. The predicted molar refractivity (Wildman–Crippen MR) is 69.6 cm³/mol. The first-order chi connectivity index (χ1) is 8.15. The van der Waals surface area contributed by atoms with Gasteiger partial charge in [0, 0.05) is 6.07 Å². The summed E-state index contributed by atoms with van der Waals surface area (Å²) >= 11 is 3.10. The van der Waals surface area contributed by atoms with E-state index in [1.54, 1.807) is 12.1 Å². The number of halogens is 2. The molecule has 0 aliphatic rings. The Labute approximate surface area is 108 Å². The third-order valence-electron chi connectivity index (χ3n) is 2.42. The second-order valence-electron chi connectivity index (χ2n) is 3.85. The van der Waals surface area contributed by atoms with Crippen LogP contribution in [0.3, 0.4) is 0 Å². The van der Waals surface area contributed by atoms with Gasteiger partial charge in [-0.1, -0.05) is 29.8 Å². The molecule has 0 aliphatic heterocycles. The fourth-order valence-corrected chi connectivity index (χ4v) is 1.66. The van der Waals surface area contributed by atoms with E-state index in [2.05, 4.69) is 15.9 Å². The van der Waals surface area contributed by atoms with Crippen LogP contribution in [0.2, 0.25) is 0 Å². The molecule has 0 atom stereocenters. The summed E-state index contributed by atoms with van der Waals surface area (Å²) in [6, 6.07) is 12.8. The van der Waals surface area contributed by atoms with E-state index in [1.807, 2.05) is 31.2 Å². The van der Waals surface area contributed by atoms with Crippen molar-refractivity contribution >= 4 is 15.9 Å². The van der Waals surface area contributed by atoms with Crippen LogP contribution in [0.5, 0.6) is 5.75 Å². The lowest BCUT2D eigenvalue weighted by Crippen LogP contribution is -1.95. The van der Waals surface area contributed by atoms with E-state index in [1.165, 1.54) is 11.6 Å². The van der Waals surface area contributed by atoms with Crippen molar-refractivity contribution in [2.24, 2.45) is 0 Å². The first kappa shape index (κ1) is 12.1. The molecule has 2 aromatic rings. The molecule has 0 unspecified atom stereocenters. The molecule has 0 bridgehead atoms. The van der Waals surface area contributed by atoms with Crippen molar-refractivity contribution in [2.75, 3.05) is 0 Å². The van der Waals surface area contributed by atoms with Gasteiger partial charge in [-0.05, 0) is 40.5 Å². The number of hydrogen-bond donors (Lipinski definition) is 0. The summed E-state index contributed by atoms with van der Waals surface area (Å²) in [7, 11) is 0. The van der Waals surface area contributed by atoms with Crippen LogP contribution in [0.25, 0.3) is 0 Å². The molecule has 2 aromatic carbocycles. The molecule has 0 fully saturated rings. The van der Waals surface area contributed by atoms with Gasteiger partial charge in [0.2, 0.25) is 0 Å². The minimum absolute atomic E-state index is 0.314. The monoisotopic (exact) mass is 294 g/mol. The largest absolute Gasteiger partial charge is 0.489 e. The van der Waals surface area contributed by atoms with Gasteiger partial charge >= 0.3 is 0 Å². The zero-order valence-electron chi connectivity index (χ0n) is 9.41. The highest BCUT2D eigenvalue weighted by Gasteiger charge is 2.01. The van der Waals surface area contributed by atoms with Gasteiger partial charge in [0.25, 0.3) is 0 Å². The number of benzene rings is 2. The van der Waals surface area contributed by atoms with Crippen LogP contribution in [0, 0.1) is 12.7 Å². The first-order valence-corrected chi connectivity index (χ1v) is 6.08. The van der Waals surface area contributed by atoms with Crippen molar-refractivity contribution < 1.29 is 9.13 Å². The zero-order valence-corrected chi connectivity index (χ0v) is 11.0.